The van der Waals surface area contributed by atoms with E-state index >= 15 is 0 Å². The molecule has 5 nitrogen and oxygen atoms in total. The number of hydrogen-bond acceptors (Lipinski definition) is 6. The molecule has 0 aliphatic carbocycles. The molecule has 0 aliphatic heterocycles. The van der Waals surface area contributed by atoms with E-state index in [4.69, 9.17) is 0 Å². The van der Waals surface area contributed by atoms with Crippen LogP contribution in [0.15, 0.2) is 58.0 Å². The molecule has 2 N–H and O–H groups in total. The van der Waals surface area contributed by atoms with E-state index in [-0.39, 0.29) is 17.4 Å². The number of thioether (sulfide) groups is 1. The zero-order valence-electron chi connectivity index (χ0n) is 12.0. The molecule has 0 radical (unpaired) electrons. The normalized spacial score (nSPS) is 11.1. The summed E-state index contributed by atoms with van der Waals surface area (Å²) in [5.74, 6) is 0.203. The van der Waals surface area contributed by atoms with Crippen molar-refractivity contribution in [2.75, 3.05) is 5.75 Å². The highest BCUT2D eigenvalue weighted by Crippen LogP contribution is 2.28. The van der Waals surface area contributed by atoms with E-state index in [1.54, 1.807) is 35.6 Å². The molecule has 2 aromatic carbocycles. The number of nitrogens with one attached hydrogen (secondary N) is 1. The predicted molar refractivity (Wildman–Crippen MR) is 94.2 cm³/mol. The van der Waals surface area contributed by atoms with Gasteiger partial charge in [-0.25, -0.2) is 10.4 Å². The van der Waals surface area contributed by atoms with Crippen LogP contribution in [0.5, 0.6) is 5.75 Å². The molecule has 0 atom stereocenters. The fourth-order valence-electron chi connectivity index (χ4n) is 1.86. The standard InChI is InChI=1S/C16H13N3O2S2/c20-12-5-3-4-11(8-12)9-17-19-15(21)10-22-16-18-13-6-1-2-7-14(13)23-16/h1-9,20H,10H2,(H,19,21)/b17-9-. The number of aromatic hydroxyl groups is 1. The van der Waals surface area contributed by atoms with Crippen LogP contribution in [0.2, 0.25) is 0 Å². The van der Waals surface area contributed by atoms with Crippen LogP contribution in [0.25, 0.3) is 10.2 Å². The Bertz CT molecular complexity index is 828. The highest BCUT2D eigenvalue weighted by molar-refractivity contribution is 8.01. The van der Waals surface area contributed by atoms with Gasteiger partial charge in [-0.2, -0.15) is 5.10 Å². The van der Waals surface area contributed by atoms with Gasteiger partial charge in [0.2, 0.25) is 0 Å². The van der Waals surface area contributed by atoms with Crippen molar-refractivity contribution in [3.05, 3.63) is 54.1 Å². The molecule has 23 heavy (non-hydrogen) atoms. The van der Waals surface area contributed by atoms with Crippen molar-refractivity contribution in [2.45, 2.75) is 4.34 Å². The number of rotatable bonds is 5. The van der Waals surface area contributed by atoms with Crippen LogP contribution in [0.4, 0.5) is 0 Å². The second kappa shape index (κ2) is 7.26. The number of fused-ring (bicyclic) bond motifs is 1. The summed E-state index contributed by atoms with van der Waals surface area (Å²) in [6, 6.07) is 14.5. The molecule has 0 fully saturated rings. The van der Waals surface area contributed by atoms with E-state index in [9.17, 15) is 9.90 Å². The lowest BCUT2D eigenvalue weighted by atomic mass is 10.2. The lowest BCUT2D eigenvalue weighted by molar-refractivity contribution is -0.118. The Balaban J connectivity index is 1.51. The molecular weight excluding hydrogens is 330 g/mol. The fourth-order valence-corrected chi connectivity index (χ4v) is 3.72. The van der Waals surface area contributed by atoms with Crippen molar-refractivity contribution < 1.29 is 9.90 Å². The van der Waals surface area contributed by atoms with Crippen molar-refractivity contribution >= 4 is 45.4 Å². The molecule has 0 saturated heterocycles. The summed E-state index contributed by atoms with van der Waals surface area (Å²) in [5, 5.41) is 13.2. The van der Waals surface area contributed by atoms with Crippen LogP contribution < -0.4 is 5.43 Å². The van der Waals surface area contributed by atoms with E-state index in [2.05, 4.69) is 15.5 Å². The summed E-state index contributed by atoms with van der Waals surface area (Å²) in [6.45, 7) is 0. The number of aromatic nitrogens is 1. The summed E-state index contributed by atoms with van der Waals surface area (Å²) in [4.78, 5) is 16.2. The average molecular weight is 343 g/mol. The maximum atomic E-state index is 11.8. The van der Waals surface area contributed by atoms with E-state index in [0.717, 1.165) is 14.6 Å². The number of amides is 1. The van der Waals surface area contributed by atoms with Crippen LogP contribution >= 0.6 is 23.1 Å². The maximum absolute atomic E-state index is 11.8. The van der Waals surface area contributed by atoms with Gasteiger partial charge >= 0.3 is 0 Å². The number of phenolic OH excluding ortho intramolecular Hbond substituents is 1. The number of hydrogen-bond donors (Lipinski definition) is 2. The van der Waals surface area contributed by atoms with Crippen LogP contribution in [-0.2, 0) is 4.79 Å². The first kappa shape index (κ1) is 15.5. The van der Waals surface area contributed by atoms with Gasteiger partial charge in [-0.1, -0.05) is 36.0 Å². The highest BCUT2D eigenvalue weighted by Gasteiger charge is 2.06. The van der Waals surface area contributed by atoms with Gasteiger partial charge in [0.05, 0.1) is 22.2 Å². The molecule has 0 unspecified atom stereocenters. The van der Waals surface area contributed by atoms with Crippen LogP contribution in [0, 0.1) is 0 Å². The SMILES string of the molecule is O=C(CSc1nc2ccccc2s1)N/N=C\c1cccc(O)c1. The van der Waals surface area contributed by atoms with Gasteiger partial charge in [-0.15, -0.1) is 11.3 Å². The summed E-state index contributed by atoms with van der Waals surface area (Å²) in [6.07, 6.45) is 1.49. The molecular formula is C16H13N3O2S2. The first-order valence-corrected chi connectivity index (χ1v) is 8.60. The molecule has 1 heterocycles. The van der Waals surface area contributed by atoms with Crippen molar-refractivity contribution in [1.82, 2.24) is 10.4 Å². The summed E-state index contributed by atoms with van der Waals surface area (Å²) >= 11 is 2.95. The minimum Gasteiger partial charge on any atom is -0.508 e. The lowest BCUT2D eigenvalue weighted by Gasteiger charge is -1.98. The number of carbonyl (C=O) groups is 1. The Morgan fingerprint density at radius 3 is 3.00 bits per heavy atom. The van der Waals surface area contributed by atoms with Crippen molar-refractivity contribution in [1.29, 1.82) is 0 Å². The number of hydrazone groups is 1. The molecule has 116 valence electrons. The summed E-state index contributed by atoms with van der Waals surface area (Å²) < 4.78 is 1.97. The summed E-state index contributed by atoms with van der Waals surface area (Å²) in [7, 11) is 0. The highest BCUT2D eigenvalue weighted by atomic mass is 32.2. The zero-order chi connectivity index (χ0) is 16.1. The number of thiazole rings is 1. The molecule has 0 bridgehead atoms. The number of benzene rings is 2. The molecule has 0 saturated carbocycles. The van der Waals surface area contributed by atoms with Crippen LogP contribution in [-0.4, -0.2) is 28.0 Å². The smallest absolute Gasteiger partial charge is 0.250 e. The summed E-state index contributed by atoms with van der Waals surface area (Å²) in [5.41, 5.74) is 4.12. The predicted octanol–water partition coefficient (Wildman–Crippen LogP) is 3.24. The largest absolute Gasteiger partial charge is 0.508 e. The first-order valence-electron chi connectivity index (χ1n) is 6.80. The van der Waals surface area contributed by atoms with Gasteiger partial charge < -0.3 is 5.11 Å². The molecule has 7 heteroatoms. The minimum atomic E-state index is -0.203. The van der Waals surface area contributed by atoms with Crippen molar-refractivity contribution in [2.24, 2.45) is 5.10 Å². The Morgan fingerprint density at radius 2 is 2.17 bits per heavy atom. The molecule has 0 aliphatic rings. The molecule has 1 amide bonds. The lowest BCUT2D eigenvalue weighted by Crippen LogP contribution is -2.19. The van der Waals surface area contributed by atoms with Crippen molar-refractivity contribution in [3.8, 4) is 5.75 Å². The third-order valence-electron chi connectivity index (χ3n) is 2.87. The molecule has 3 rings (SSSR count). The second-order valence-electron chi connectivity index (χ2n) is 4.62. The Hall–Kier alpha value is -2.38. The topological polar surface area (TPSA) is 74.6 Å². The van der Waals surface area contributed by atoms with E-state index in [1.807, 2.05) is 24.3 Å². The molecule has 0 spiro atoms. The third-order valence-corrected chi connectivity index (χ3v) is 5.05. The first-order chi connectivity index (χ1) is 11.2. The Kier molecular flexibility index (Phi) is 4.89. The van der Waals surface area contributed by atoms with Gasteiger partial charge in [-0.3, -0.25) is 4.79 Å². The van der Waals surface area contributed by atoms with Gasteiger partial charge in [0.25, 0.3) is 5.91 Å². The quantitative estimate of drug-likeness (QED) is 0.424. The van der Waals surface area contributed by atoms with Gasteiger partial charge in [0.1, 0.15) is 5.75 Å². The number of carbonyl (C=O) groups excluding carboxylic acids is 1. The Morgan fingerprint density at radius 1 is 1.30 bits per heavy atom. The van der Waals surface area contributed by atoms with Gasteiger partial charge in [0, 0.05) is 0 Å². The van der Waals surface area contributed by atoms with Crippen LogP contribution in [0.3, 0.4) is 0 Å². The monoisotopic (exact) mass is 343 g/mol. The third kappa shape index (κ3) is 4.30. The number of nitrogens with zero attached hydrogens (tertiary/aromatic N) is 2. The van der Waals surface area contributed by atoms with Gasteiger partial charge in [-0.05, 0) is 29.8 Å². The molecule has 1 aromatic heterocycles. The van der Waals surface area contributed by atoms with E-state index < -0.39 is 0 Å². The minimum absolute atomic E-state index is 0.159. The second-order valence-corrected chi connectivity index (χ2v) is 6.88. The Labute approximate surface area is 141 Å². The number of phenols is 1. The average Bonchev–Trinajstić information content (AvgIpc) is 2.96. The fraction of sp³-hybridized carbons (Fsp3) is 0.0625. The van der Waals surface area contributed by atoms with E-state index in [0.29, 0.717) is 5.56 Å². The van der Waals surface area contributed by atoms with E-state index in [1.165, 1.54) is 18.0 Å². The maximum Gasteiger partial charge on any atom is 0.250 e. The van der Waals surface area contributed by atoms with Crippen molar-refractivity contribution in [3.63, 3.8) is 0 Å². The molecule has 3 aromatic rings. The zero-order valence-corrected chi connectivity index (χ0v) is 13.6. The van der Waals surface area contributed by atoms with Gasteiger partial charge in [0.15, 0.2) is 4.34 Å². The van der Waals surface area contributed by atoms with Crippen LogP contribution in [0.1, 0.15) is 5.56 Å². The number of para-hydroxylation sites is 1.